The van der Waals surface area contributed by atoms with E-state index in [1.54, 1.807) is 0 Å². The van der Waals surface area contributed by atoms with Gasteiger partial charge in [-0.2, -0.15) is 0 Å². The second kappa shape index (κ2) is 16.4. The van der Waals surface area contributed by atoms with Crippen LogP contribution in [0.3, 0.4) is 0 Å². The van der Waals surface area contributed by atoms with E-state index in [0.717, 1.165) is 53.9 Å². The number of cyclic esters (lactones) is 1. The Morgan fingerprint density at radius 3 is 2.05 bits per heavy atom. The molecule has 5 N–H and O–H groups in total. The average molecular weight is 593 g/mol. The lowest BCUT2D eigenvalue weighted by Crippen LogP contribution is -2.37. The van der Waals surface area contributed by atoms with Crippen molar-refractivity contribution in [2.24, 2.45) is 17.8 Å². The highest BCUT2D eigenvalue weighted by atomic mass is 16.6. The fourth-order valence-electron chi connectivity index (χ4n) is 5.87. The van der Waals surface area contributed by atoms with E-state index in [1.807, 2.05) is 13.0 Å². The van der Waals surface area contributed by atoms with Crippen molar-refractivity contribution in [3.8, 4) is 11.5 Å². The van der Waals surface area contributed by atoms with Crippen LogP contribution in [-0.4, -0.2) is 55.9 Å². The Hall–Kier alpha value is -2.45. The summed E-state index contributed by atoms with van der Waals surface area (Å²) in [4.78, 5) is 10.5. The first kappa shape index (κ1) is 35.7. The van der Waals surface area contributed by atoms with E-state index in [1.165, 1.54) is 56.9 Å². The van der Waals surface area contributed by atoms with E-state index in [9.17, 15) is 9.90 Å². The monoisotopic (exact) mass is 592 g/mol. The number of ether oxygens (including phenoxy) is 2. The minimum atomic E-state index is -1.42. The second-order valence-corrected chi connectivity index (χ2v) is 13.4. The molecule has 2 aliphatic heterocycles. The third kappa shape index (κ3) is 10.4. The fraction of sp³-hybridized carbons (Fsp3) is 0.735. The summed E-state index contributed by atoms with van der Waals surface area (Å²) < 4.78 is 10.8. The van der Waals surface area contributed by atoms with Crippen LogP contribution in [0.5, 0.6) is 11.5 Å². The number of aliphatic hydroxyl groups is 4. The van der Waals surface area contributed by atoms with Crippen molar-refractivity contribution in [2.75, 3.05) is 6.61 Å². The highest BCUT2D eigenvalue weighted by Crippen LogP contribution is 2.42. The minimum absolute atomic E-state index is 0.0637. The summed E-state index contributed by atoms with van der Waals surface area (Å²) in [7, 11) is 0. The summed E-state index contributed by atoms with van der Waals surface area (Å²) in [6, 6.07) is 1.85. The minimum Gasteiger partial charge on any atom is -0.508 e. The van der Waals surface area contributed by atoms with E-state index in [0.29, 0.717) is 5.75 Å². The number of rotatable bonds is 14. The Morgan fingerprint density at radius 1 is 0.952 bits per heavy atom. The molecule has 4 unspecified atom stereocenters. The maximum atomic E-state index is 10.5. The van der Waals surface area contributed by atoms with Crippen LogP contribution in [0.1, 0.15) is 116 Å². The smallest absolute Gasteiger partial charge is 0.377 e. The molecule has 240 valence electrons. The van der Waals surface area contributed by atoms with Crippen LogP contribution in [0.15, 0.2) is 17.6 Å². The third-order valence-corrected chi connectivity index (χ3v) is 8.83. The molecule has 42 heavy (non-hydrogen) atoms. The van der Waals surface area contributed by atoms with E-state index in [-0.39, 0.29) is 5.60 Å². The summed E-state index contributed by atoms with van der Waals surface area (Å²) >= 11 is 0. The maximum Gasteiger partial charge on any atom is 0.377 e. The Balaban J connectivity index is 0.000000428. The first-order valence-electron chi connectivity index (χ1n) is 15.8. The molecule has 2 aliphatic rings. The molecule has 0 radical (unpaired) electrons. The van der Waals surface area contributed by atoms with Crippen LogP contribution in [0, 0.1) is 31.6 Å². The number of carbonyl (C=O) groups is 1. The summed E-state index contributed by atoms with van der Waals surface area (Å²) in [5, 5.41) is 45.1. The lowest BCUT2D eigenvalue weighted by molar-refractivity contribution is -0.147. The fourth-order valence-corrected chi connectivity index (χ4v) is 5.87. The van der Waals surface area contributed by atoms with Crippen molar-refractivity contribution in [3.63, 3.8) is 0 Å². The van der Waals surface area contributed by atoms with E-state index in [4.69, 9.17) is 25.2 Å². The molecule has 0 aliphatic carbocycles. The molecule has 3 rings (SSSR count). The molecule has 0 spiro atoms. The number of carbonyl (C=O) groups excluding carboxylic acids is 1. The highest BCUT2D eigenvalue weighted by Gasteiger charge is 2.39. The SMILES string of the molecule is Cc1cc(O)c(C)c2c1OC(C)(CCCC(C)CCCC(C)CCCC(C)C)CC2.O=C1O[C@H](C(O)CO)C(O)=C1O. The second-order valence-electron chi connectivity index (χ2n) is 13.4. The molecule has 8 heteroatoms. The van der Waals surface area contributed by atoms with Gasteiger partial charge in [0, 0.05) is 5.56 Å². The molecule has 0 saturated carbocycles. The van der Waals surface area contributed by atoms with Crippen molar-refractivity contribution in [1.82, 2.24) is 0 Å². The molecule has 0 aromatic heterocycles. The van der Waals surface area contributed by atoms with Gasteiger partial charge < -0.3 is 35.0 Å². The molecule has 0 fully saturated rings. The molecule has 1 aromatic rings. The van der Waals surface area contributed by atoms with Gasteiger partial charge in [0.25, 0.3) is 0 Å². The first-order valence-corrected chi connectivity index (χ1v) is 15.8. The number of aryl methyl sites for hydroxylation is 1. The molecular weight excluding hydrogens is 536 g/mol. The predicted octanol–water partition coefficient (Wildman–Crippen LogP) is 7.12. The number of esters is 1. The predicted molar refractivity (Wildman–Crippen MR) is 165 cm³/mol. The standard InChI is InChI=1S/C28H48O2.C6H8O6/c1-20(2)11-8-12-21(3)13-9-14-22(4)15-10-17-28(7)18-16-25-24(6)26(29)19-23(5)27(25)30-28;7-1-2(8)5-3(9)4(10)6(11)12-5/h19-22,29H,8-18H2,1-7H3;2,5,7-10H,1H2/t;2?,5-/m.1/s1. The van der Waals surface area contributed by atoms with Crippen molar-refractivity contribution in [3.05, 3.63) is 34.3 Å². The van der Waals surface area contributed by atoms with E-state index < -0.39 is 36.3 Å². The Labute approximate surface area is 252 Å². The largest absolute Gasteiger partial charge is 0.508 e. The zero-order valence-electron chi connectivity index (χ0n) is 26.9. The van der Waals surface area contributed by atoms with Gasteiger partial charge in [-0.05, 0) is 81.4 Å². The van der Waals surface area contributed by atoms with Crippen LogP contribution in [-0.2, 0) is 16.0 Å². The maximum absolute atomic E-state index is 10.5. The van der Waals surface area contributed by atoms with Crippen molar-refractivity contribution in [1.29, 1.82) is 0 Å². The lowest BCUT2D eigenvalue weighted by atomic mass is 9.84. The van der Waals surface area contributed by atoms with Gasteiger partial charge in [0.2, 0.25) is 5.76 Å². The molecule has 1 aromatic carbocycles. The first-order chi connectivity index (χ1) is 19.7. The molecule has 0 bridgehead atoms. The quantitative estimate of drug-likeness (QED) is 0.144. The van der Waals surface area contributed by atoms with E-state index in [2.05, 4.69) is 46.3 Å². The Morgan fingerprint density at radius 2 is 1.52 bits per heavy atom. The van der Waals surface area contributed by atoms with Gasteiger partial charge >= 0.3 is 5.97 Å². The van der Waals surface area contributed by atoms with Crippen LogP contribution < -0.4 is 4.74 Å². The summed E-state index contributed by atoms with van der Waals surface area (Å²) in [5.41, 5.74) is 3.20. The third-order valence-electron chi connectivity index (χ3n) is 8.83. The van der Waals surface area contributed by atoms with Crippen LogP contribution in [0.2, 0.25) is 0 Å². The van der Waals surface area contributed by atoms with Gasteiger partial charge in [0.05, 0.1) is 6.61 Å². The number of hydrogen-bond donors (Lipinski definition) is 5. The van der Waals surface area contributed by atoms with Gasteiger partial charge in [-0.15, -0.1) is 0 Å². The van der Waals surface area contributed by atoms with Crippen molar-refractivity contribution >= 4 is 5.97 Å². The molecule has 2 heterocycles. The van der Waals surface area contributed by atoms with Gasteiger partial charge in [0.15, 0.2) is 11.9 Å². The normalized spacial score (nSPS) is 22.1. The van der Waals surface area contributed by atoms with Gasteiger partial charge in [-0.1, -0.05) is 72.6 Å². The topological polar surface area (TPSA) is 137 Å². The number of hydrogen-bond acceptors (Lipinski definition) is 8. The van der Waals surface area contributed by atoms with Gasteiger partial charge in [-0.25, -0.2) is 4.79 Å². The number of phenolic OH excluding ortho intramolecular Hbond substituents is 1. The van der Waals surface area contributed by atoms with Crippen molar-refractivity contribution in [2.45, 2.75) is 137 Å². The molecule has 8 nitrogen and oxygen atoms in total. The summed E-state index contributed by atoms with van der Waals surface area (Å²) in [6.45, 7) is 15.2. The molecule has 0 amide bonds. The number of fused-ring (bicyclic) bond motifs is 1. The molecule has 5 atom stereocenters. The average Bonchev–Trinajstić information content (AvgIpc) is 3.18. The van der Waals surface area contributed by atoms with Gasteiger partial charge in [-0.3, -0.25) is 0 Å². The Bertz CT molecular complexity index is 1050. The zero-order chi connectivity index (χ0) is 31.6. The number of aliphatic hydroxyl groups excluding tert-OH is 4. The van der Waals surface area contributed by atoms with Crippen LogP contribution >= 0.6 is 0 Å². The highest BCUT2D eigenvalue weighted by molar-refractivity contribution is 5.89. The van der Waals surface area contributed by atoms with E-state index >= 15 is 0 Å². The summed E-state index contributed by atoms with van der Waals surface area (Å²) in [6.07, 6.45) is 11.3. The number of phenols is 1. The number of benzene rings is 1. The lowest BCUT2D eigenvalue weighted by Gasteiger charge is -2.37. The molecule has 0 saturated heterocycles. The number of aromatic hydroxyl groups is 1. The summed E-state index contributed by atoms with van der Waals surface area (Å²) in [5.74, 6) is 1.20. The van der Waals surface area contributed by atoms with Crippen LogP contribution in [0.4, 0.5) is 0 Å². The Kier molecular flexibility index (Phi) is 14.0. The van der Waals surface area contributed by atoms with Gasteiger partial charge in [0.1, 0.15) is 23.2 Å². The zero-order valence-corrected chi connectivity index (χ0v) is 26.9. The molecular formula is C34H56O8. The van der Waals surface area contributed by atoms with Crippen molar-refractivity contribution < 1.29 is 39.8 Å². The van der Waals surface area contributed by atoms with Crippen LogP contribution in [0.25, 0.3) is 0 Å².